The highest BCUT2D eigenvalue weighted by molar-refractivity contribution is 7.89. The first kappa shape index (κ1) is 20.6. The van der Waals surface area contributed by atoms with Crippen molar-refractivity contribution in [2.24, 2.45) is 0 Å². The molecule has 1 aliphatic rings. The molecule has 1 atom stereocenters. The van der Waals surface area contributed by atoms with Gasteiger partial charge in [0.05, 0.1) is 31.3 Å². The monoisotopic (exact) mass is 386 g/mol. The Kier molecular flexibility index (Phi) is 6.62. The molecule has 0 aromatic heterocycles. The molecule has 0 saturated carbocycles. The molecular formula is C17H26N2O6S. The number of morpholine rings is 1. The Balaban J connectivity index is 2.18. The normalized spacial score (nSPS) is 18.9. The van der Waals surface area contributed by atoms with Gasteiger partial charge in [-0.15, -0.1) is 0 Å². The molecule has 0 radical (unpaired) electrons. The maximum absolute atomic E-state index is 13.1. The quantitative estimate of drug-likeness (QED) is 0.737. The van der Waals surface area contributed by atoms with Crippen molar-refractivity contribution in [2.75, 3.05) is 46.9 Å². The lowest BCUT2D eigenvalue weighted by Crippen LogP contribution is -2.49. The van der Waals surface area contributed by atoms with Crippen molar-refractivity contribution in [1.29, 1.82) is 0 Å². The van der Waals surface area contributed by atoms with Crippen molar-refractivity contribution in [3.8, 4) is 5.75 Å². The van der Waals surface area contributed by atoms with Gasteiger partial charge >= 0.3 is 5.97 Å². The van der Waals surface area contributed by atoms with E-state index in [1.807, 2.05) is 0 Å². The van der Waals surface area contributed by atoms with Crippen molar-refractivity contribution >= 4 is 16.0 Å². The van der Waals surface area contributed by atoms with E-state index >= 15 is 0 Å². The molecule has 1 heterocycles. The molecule has 1 aromatic rings. The van der Waals surface area contributed by atoms with Crippen LogP contribution in [0.5, 0.6) is 5.75 Å². The van der Waals surface area contributed by atoms with Crippen molar-refractivity contribution < 1.29 is 27.8 Å². The van der Waals surface area contributed by atoms with Crippen LogP contribution in [0.2, 0.25) is 0 Å². The van der Waals surface area contributed by atoms with Gasteiger partial charge in [-0.05, 0) is 44.2 Å². The summed E-state index contributed by atoms with van der Waals surface area (Å²) in [5.41, 5.74) is 1.38. The summed E-state index contributed by atoms with van der Waals surface area (Å²) >= 11 is 0. The Morgan fingerprint density at radius 2 is 2.08 bits per heavy atom. The molecule has 1 N–H and O–H groups in total. The summed E-state index contributed by atoms with van der Waals surface area (Å²) in [6, 6.07) is 3.35. The van der Waals surface area contributed by atoms with Gasteiger partial charge in [0.2, 0.25) is 10.0 Å². The van der Waals surface area contributed by atoms with E-state index in [1.165, 1.54) is 4.31 Å². The molecule has 1 unspecified atom stereocenters. The lowest BCUT2D eigenvalue weighted by atomic mass is 10.1. The molecule has 0 spiro atoms. The highest BCUT2D eigenvalue weighted by atomic mass is 32.2. The molecule has 1 fully saturated rings. The number of benzene rings is 1. The number of nitrogens with zero attached hydrogens (tertiary/aromatic N) is 2. The zero-order valence-electron chi connectivity index (χ0n) is 15.6. The van der Waals surface area contributed by atoms with Crippen LogP contribution in [0, 0.1) is 13.8 Å². The van der Waals surface area contributed by atoms with Crippen LogP contribution in [-0.4, -0.2) is 81.7 Å². The van der Waals surface area contributed by atoms with Crippen LogP contribution < -0.4 is 4.74 Å². The number of hydrogen-bond acceptors (Lipinski definition) is 6. The van der Waals surface area contributed by atoms with E-state index in [0.717, 1.165) is 5.56 Å². The number of likely N-dealkylation sites (N-methyl/N-ethyl adjacent to an activating group) is 1. The van der Waals surface area contributed by atoms with Gasteiger partial charge in [-0.1, -0.05) is 0 Å². The van der Waals surface area contributed by atoms with Crippen LogP contribution in [0.1, 0.15) is 11.1 Å². The standard InChI is InChI=1S/C17H26N2O6S/c1-12-8-16(13(2)7-15(12)24-4)26(22,23)19-5-6-25-14(10-19)9-18(3)11-17(20)21/h7-8,14H,5-6,9-11H2,1-4H3,(H,20,21). The van der Waals surface area contributed by atoms with Crippen LogP contribution >= 0.6 is 0 Å². The number of aliphatic carboxylic acids is 1. The third-order valence-electron chi connectivity index (χ3n) is 4.33. The van der Waals surface area contributed by atoms with E-state index in [-0.39, 0.29) is 37.2 Å². The maximum atomic E-state index is 13.1. The fourth-order valence-corrected chi connectivity index (χ4v) is 4.81. The molecular weight excluding hydrogens is 360 g/mol. The zero-order valence-corrected chi connectivity index (χ0v) is 16.4. The van der Waals surface area contributed by atoms with Crippen molar-refractivity contribution in [3.63, 3.8) is 0 Å². The molecule has 26 heavy (non-hydrogen) atoms. The number of sulfonamides is 1. The Morgan fingerprint density at radius 3 is 2.69 bits per heavy atom. The molecule has 1 saturated heterocycles. The number of rotatable bonds is 7. The highest BCUT2D eigenvalue weighted by Gasteiger charge is 2.32. The first-order valence-electron chi connectivity index (χ1n) is 8.32. The second kappa shape index (κ2) is 8.34. The molecule has 146 valence electrons. The molecule has 9 heteroatoms. The summed E-state index contributed by atoms with van der Waals surface area (Å²) in [6.07, 6.45) is -0.373. The second-order valence-corrected chi connectivity index (χ2v) is 8.44. The number of ether oxygens (including phenoxy) is 2. The minimum absolute atomic E-state index is 0.122. The Labute approximate surface area is 154 Å². The first-order valence-corrected chi connectivity index (χ1v) is 9.76. The lowest BCUT2D eigenvalue weighted by Gasteiger charge is -2.34. The second-order valence-electron chi connectivity index (χ2n) is 6.53. The van der Waals surface area contributed by atoms with Crippen molar-refractivity contribution in [3.05, 3.63) is 23.3 Å². The summed E-state index contributed by atoms with van der Waals surface area (Å²) in [5, 5.41) is 8.84. The third kappa shape index (κ3) is 4.73. The van der Waals surface area contributed by atoms with Gasteiger partial charge in [-0.2, -0.15) is 4.31 Å². The predicted octanol–water partition coefficient (Wildman–Crippen LogP) is 0.718. The van der Waals surface area contributed by atoms with Crippen molar-refractivity contribution in [1.82, 2.24) is 9.21 Å². The van der Waals surface area contributed by atoms with E-state index in [9.17, 15) is 13.2 Å². The molecule has 0 bridgehead atoms. The topological polar surface area (TPSA) is 96.4 Å². The molecule has 0 aliphatic carbocycles. The first-order chi connectivity index (χ1) is 12.1. The summed E-state index contributed by atoms with van der Waals surface area (Å²) < 4.78 is 38.5. The fraction of sp³-hybridized carbons (Fsp3) is 0.588. The summed E-state index contributed by atoms with van der Waals surface area (Å²) in [7, 11) is -0.449. The zero-order chi connectivity index (χ0) is 19.5. The largest absolute Gasteiger partial charge is 0.496 e. The van der Waals surface area contributed by atoms with E-state index in [1.54, 1.807) is 45.0 Å². The fourth-order valence-electron chi connectivity index (χ4n) is 3.06. The van der Waals surface area contributed by atoms with Crippen LogP contribution in [0.25, 0.3) is 0 Å². The van der Waals surface area contributed by atoms with Crippen LogP contribution in [0.4, 0.5) is 0 Å². The van der Waals surface area contributed by atoms with E-state index in [2.05, 4.69) is 0 Å². The van der Waals surface area contributed by atoms with Gasteiger partial charge in [0, 0.05) is 19.6 Å². The van der Waals surface area contributed by atoms with Gasteiger partial charge in [0.1, 0.15) is 5.75 Å². The lowest BCUT2D eigenvalue weighted by molar-refractivity contribution is -0.138. The van der Waals surface area contributed by atoms with Gasteiger partial charge in [0.15, 0.2) is 0 Å². The number of carboxylic acids is 1. The van der Waals surface area contributed by atoms with Gasteiger partial charge < -0.3 is 14.6 Å². The average Bonchev–Trinajstić information content (AvgIpc) is 2.55. The minimum atomic E-state index is -3.67. The Hall–Kier alpha value is -1.68. The van der Waals surface area contributed by atoms with Gasteiger partial charge in [-0.3, -0.25) is 9.69 Å². The Bertz CT molecular complexity index is 765. The van der Waals surface area contributed by atoms with E-state index in [4.69, 9.17) is 14.6 Å². The van der Waals surface area contributed by atoms with Gasteiger partial charge in [0.25, 0.3) is 0 Å². The summed E-state index contributed by atoms with van der Waals surface area (Å²) in [5.74, 6) is -0.284. The maximum Gasteiger partial charge on any atom is 0.317 e. The predicted molar refractivity (Wildman–Crippen MR) is 96.1 cm³/mol. The third-order valence-corrected chi connectivity index (χ3v) is 6.34. The summed E-state index contributed by atoms with van der Waals surface area (Å²) in [6.45, 7) is 4.51. The minimum Gasteiger partial charge on any atom is -0.496 e. The molecule has 0 amide bonds. The molecule has 1 aromatic carbocycles. The van der Waals surface area contributed by atoms with E-state index in [0.29, 0.717) is 17.9 Å². The Morgan fingerprint density at radius 1 is 1.38 bits per heavy atom. The average molecular weight is 386 g/mol. The smallest absolute Gasteiger partial charge is 0.317 e. The number of methoxy groups -OCH3 is 1. The van der Waals surface area contributed by atoms with Crippen LogP contribution in [-0.2, 0) is 19.6 Å². The van der Waals surface area contributed by atoms with Crippen molar-refractivity contribution in [2.45, 2.75) is 24.8 Å². The van der Waals surface area contributed by atoms with E-state index < -0.39 is 16.0 Å². The number of hydrogen-bond donors (Lipinski definition) is 1. The van der Waals surface area contributed by atoms with Crippen LogP contribution in [0.15, 0.2) is 17.0 Å². The number of aryl methyl sites for hydroxylation is 2. The molecule has 1 aliphatic heterocycles. The molecule has 8 nitrogen and oxygen atoms in total. The SMILES string of the molecule is COc1cc(C)c(S(=O)(=O)N2CCOC(CN(C)CC(=O)O)C2)cc1C. The highest BCUT2D eigenvalue weighted by Crippen LogP contribution is 2.28. The van der Waals surface area contributed by atoms with Crippen LogP contribution in [0.3, 0.4) is 0 Å². The molecule has 2 rings (SSSR count). The number of carboxylic acid groups (broad SMARTS) is 1. The van der Waals surface area contributed by atoms with Gasteiger partial charge in [-0.25, -0.2) is 8.42 Å². The summed E-state index contributed by atoms with van der Waals surface area (Å²) in [4.78, 5) is 12.6. The number of carbonyl (C=O) groups is 1.